The van der Waals surface area contributed by atoms with Gasteiger partial charge in [0.1, 0.15) is 11.5 Å². The lowest BCUT2D eigenvalue weighted by Gasteiger charge is -2.41. The molecule has 0 radical (unpaired) electrons. The number of carbonyl (C=O) groups excluding carboxylic acids is 2. The number of piperazine rings is 1. The van der Waals surface area contributed by atoms with Crippen molar-refractivity contribution >= 4 is 11.8 Å². The van der Waals surface area contributed by atoms with Crippen LogP contribution in [-0.2, 0) is 4.79 Å². The van der Waals surface area contributed by atoms with Gasteiger partial charge in [0.05, 0.1) is 14.2 Å². The largest absolute Gasteiger partial charge is 0.497 e. The average Bonchev–Trinajstić information content (AvgIpc) is 2.74. The van der Waals surface area contributed by atoms with Crippen LogP contribution in [0.25, 0.3) is 0 Å². The van der Waals surface area contributed by atoms with Crippen LogP contribution in [-0.4, -0.2) is 74.1 Å². The van der Waals surface area contributed by atoms with Crippen molar-refractivity contribution in [3.05, 3.63) is 23.8 Å². The minimum Gasteiger partial charge on any atom is -0.497 e. The third kappa shape index (κ3) is 4.24. The van der Waals surface area contributed by atoms with Crippen molar-refractivity contribution in [2.45, 2.75) is 38.8 Å². The van der Waals surface area contributed by atoms with Crippen LogP contribution in [0.3, 0.4) is 0 Å². The molecule has 2 aliphatic rings. The van der Waals surface area contributed by atoms with E-state index in [1.807, 2.05) is 9.80 Å². The van der Waals surface area contributed by atoms with E-state index in [0.717, 1.165) is 13.1 Å². The molecule has 1 aromatic carbocycles. The Bertz CT molecular complexity index is 693. The molecule has 2 fully saturated rings. The van der Waals surface area contributed by atoms with Gasteiger partial charge in [-0.2, -0.15) is 0 Å². The van der Waals surface area contributed by atoms with E-state index in [1.54, 1.807) is 32.4 Å². The lowest BCUT2D eigenvalue weighted by molar-refractivity contribution is -0.140. The fourth-order valence-corrected chi connectivity index (χ4v) is 4.05. The molecular formula is C21H31N3O4. The third-order valence-corrected chi connectivity index (χ3v) is 6.05. The van der Waals surface area contributed by atoms with Crippen molar-refractivity contribution in [3.8, 4) is 11.5 Å². The van der Waals surface area contributed by atoms with Crippen molar-refractivity contribution in [2.75, 3.05) is 40.4 Å². The fraction of sp³-hybridized carbons (Fsp3) is 0.619. The Kier molecular flexibility index (Phi) is 6.44. The van der Waals surface area contributed by atoms with Crippen molar-refractivity contribution in [2.24, 2.45) is 5.92 Å². The molecule has 2 aliphatic heterocycles. The Morgan fingerprint density at radius 2 is 1.61 bits per heavy atom. The van der Waals surface area contributed by atoms with Gasteiger partial charge in [-0.1, -0.05) is 0 Å². The number of hydrogen-bond acceptors (Lipinski definition) is 5. The van der Waals surface area contributed by atoms with Gasteiger partial charge in [-0.15, -0.1) is 0 Å². The van der Waals surface area contributed by atoms with Crippen LogP contribution in [0.4, 0.5) is 0 Å². The molecule has 3 rings (SSSR count). The monoisotopic (exact) mass is 389 g/mol. The zero-order chi connectivity index (χ0) is 20.3. The summed E-state index contributed by atoms with van der Waals surface area (Å²) in [4.78, 5) is 29.7. The molecule has 7 heteroatoms. The summed E-state index contributed by atoms with van der Waals surface area (Å²) in [7, 11) is 3.14. The summed E-state index contributed by atoms with van der Waals surface area (Å²) in [5.41, 5.74) is 0.547. The van der Waals surface area contributed by atoms with E-state index in [1.165, 1.54) is 0 Å². The maximum absolute atomic E-state index is 13.0. The van der Waals surface area contributed by atoms with Crippen molar-refractivity contribution < 1.29 is 19.1 Å². The molecule has 0 aliphatic carbocycles. The zero-order valence-electron chi connectivity index (χ0n) is 17.2. The maximum Gasteiger partial charge on any atom is 0.254 e. The fourth-order valence-electron chi connectivity index (χ4n) is 4.05. The summed E-state index contributed by atoms with van der Waals surface area (Å²) < 4.78 is 10.5. The van der Waals surface area contributed by atoms with E-state index >= 15 is 0 Å². The second-order valence-electron chi connectivity index (χ2n) is 7.68. The Morgan fingerprint density at radius 1 is 1.00 bits per heavy atom. The van der Waals surface area contributed by atoms with E-state index in [0.29, 0.717) is 49.0 Å². The number of rotatable bonds is 4. The van der Waals surface area contributed by atoms with Gasteiger partial charge in [0.2, 0.25) is 5.91 Å². The van der Waals surface area contributed by atoms with Gasteiger partial charge in [0, 0.05) is 55.8 Å². The highest BCUT2D eigenvalue weighted by molar-refractivity contribution is 5.95. The number of amides is 2. The second-order valence-corrected chi connectivity index (χ2v) is 7.68. The highest BCUT2D eigenvalue weighted by Gasteiger charge is 2.35. The quantitative estimate of drug-likeness (QED) is 0.850. The molecule has 2 atom stereocenters. The van der Waals surface area contributed by atoms with Crippen molar-refractivity contribution in [1.82, 2.24) is 15.1 Å². The van der Waals surface area contributed by atoms with Crippen LogP contribution < -0.4 is 14.8 Å². The van der Waals surface area contributed by atoms with Crippen LogP contribution in [0.1, 0.15) is 37.0 Å². The van der Waals surface area contributed by atoms with Gasteiger partial charge >= 0.3 is 0 Å². The average molecular weight is 389 g/mol. The van der Waals surface area contributed by atoms with Gasteiger partial charge in [-0.25, -0.2) is 0 Å². The Hall–Kier alpha value is -2.28. The topological polar surface area (TPSA) is 71.1 Å². The normalized spacial score (nSPS) is 23.4. The number of nitrogens with one attached hydrogen (secondary N) is 1. The van der Waals surface area contributed by atoms with Crippen molar-refractivity contribution in [3.63, 3.8) is 0 Å². The molecule has 2 saturated heterocycles. The number of hydrogen-bond donors (Lipinski definition) is 1. The Morgan fingerprint density at radius 3 is 2.18 bits per heavy atom. The molecular weight excluding hydrogens is 358 g/mol. The van der Waals surface area contributed by atoms with E-state index in [-0.39, 0.29) is 23.8 Å². The van der Waals surface area contributed by atoms with Crippen molar-refractivity contribution in [1.29, 1.82) is 0 Å². The molecule has 1 N–H and O–H groups in total. The molecule has 0 aromatic heterocycles. The maximum atomic E-state index is 13.0. The van der Waals surface area contributed by atoms with Crippen LogP contribution >= 0.6 is 0 Å². The molecule has 0 spiro atoms. The summed E-state index contributed by atoms with van der Waals surface area (Å²) in [6.07, 6.45) is 1.41. The zero-order valence-corrected chi connectivity index (χ0v) is 17.2. The van der Waals surface area contributed by atoms with Gasteiger partial charge in [-0.05, 0) is 38.8 Å². The number of nitrogens with zero attached hydrogens (tertiary/aromatic N) is 2. The summed E-state index contributed by atoms with van der Waals surface area (Å²) >= 11 is 0. The molecule has 0 saturated carbocycles. The highest BCUT2D eigenvalue weighted by atomic mass is 16.5. The molecule has 2 unspecified atom stereocenters. The van der Waals surface area contributed by atoms with Gasteiger partial charge in [0.25, 0.3) is 5.91 Å². The lowest BCUT2D eigenvalue weighted by atomic mass is 9.93. The van der Waals surface area contributed by atoms with E-state index in [2.05, 4.69) is 19.2 Å². The van der Waals surface area contributed by atoms with Gasteiger partial charge < -0.3 is 24.6 Å². The molecule has 2 amide bonds. The van der Waals surface area contributed by atoms with E-state index in [9.17, 15) is 9.59 Å². The molecule has 1 aromatic rings. The summed E-state index contributed by atoms with van der Waals surface area (Å²) in [5, 5.41) is 3.41. The first-order valence-electron chi connectivity index (χ1n) is 10.0. The van der Waals surface area contributed by atoms with E-state index in [4.69, 9.17) is 9.47 Å². The number of piperidine rings is 1. The number of ether oxygens (including phenoxy) is 2. The van der Waals surface area contributed by atoms with Crippen LogP contribution in [0.5, 0.6) is 11.5 Å². The minimum atomic E-state index is -0.0488. The number of likely N-dealkylation sites (tertiary alicyclic amines) is 1. The third-order valence-electron chi connectivity index (χ3n) is 6.05. The first-order valence-corrected chi connectivity index (χ1v) is 10.0. The number of benzene rings is 1. The lowest BCUT2D eigenvalue weighted by Crippen LogP contribution is -2.59. The standard InChI is InChI=1S/C21H31N3O4/c1-14-15(2)24(10-7-22-14)21(26)16-5-8-23(9-6-16)20(25)17-11-18(27-3)13-19(12-17)28-4/h11-16,22H,5-10H2,1-4H3. The smallest absolute Gasteiger partial charge is 0.254 e. The molecule has 0 bridgehead atoms. The highest BCUT2D eigenvalue weighted by Crippen LogP contribution is 2.26. The first kappa shape index (κ1) is 20.5. The minimum absolute atomic E-state index is 0.00311. The molecule has 28 heavy (non-hydrogen) atoms. The predicted octanol–water partition coefficient (Wildman–Crippen LogP) is 1.76. The molecule has 7 nitrogen and oxygen atoms in total. The summed E-state index contributed by atoms with van der Waals surface area (Å²) in [5.74, 6) is 1.36. The molecule has 2 heterocycles. The van der Waals surface area contributed by atoms with Crippen LogP contribution in [0.15, 0.2) is 18.2 Å². The van der Waals surface area contributed by atoms with Gasteiger partial charge in [0.15, 0.2) is 0 Å². The van der Waals surface area contributed by atoms with Crippen LogP contribution in [0, 0.1) is 5.92 Å². The first-order chi connectivity index (χ1) is 13.4. The summed E-state index contributed by atoms with van der Waals surface area (Å²) in [6, 6.07) is 5.71. The number of carbonyl (C=O) groups is 2. The number of methoxy groups -OCH3 is 2. The van der Waals surface area contributed by atoms with Crippen LogP contribution in [0.2, 0.25) is 0 Å². The molecule has 154 valence electrons. The Balaban J connectivity index is 1.62. The summed E-state index contributed by atoms with van der Waals surface area (Å²) in [6.45, 7) is 6.99. The SMILES string of the molecule is COc1cc(OC)cc(C(=O)N2CCC(C(=O)N3CCNC(C)C3C)CC2)c1. The second kappa shape index (κ2) is 8.82. The predicted molar refractivity (Wildman–Crippen MR) is 107 cm³/mol. The Labute approximate surface area is 167 Å². The van der Waals surface area contributed by atoms with Gasteiger partial charge in [-0.3, -0.25) is 9.59 Å². The van der Waals surface area contributed by atoms with E-state index < -0.39 is 0 Å².